The molecule has 1 aromatic carbocycles. The number of halogens is 3. The fourth-order valence-electron chi connectivity index (χ4n) is 3.72. The number of fused-ring (bicyclic) bond motifs is 3. The predicted octanol–water partition coefficient (Wildman–Crippen LogP) is 3.98. The van der Waals surface area contributed by atoms with Crippen LogP contribution in [0.4, 0.5) is 13.2 Å². The summed E-state index contributed by atoms with van der Waals surface area (Å²) in [4.78, 5) is 31.6. The van der Waals surface area contributed by atoms with E-state index >= 15 is 0 Å². The Hall–Kier alpha value is -2.88. The third kappa shape index (κ3) is 5.29. The van der Waals surface area contributed by atoms with E-state index in [2.05, 4.69) is 15.0 Å². The monoisotopic (exact) mass is 465 g/mol. The number of benzene rings is 1. The van der Waals surface area contributed by atoms with Gasteiger partial charge in [0, 0.05) is 24.4 Å². The first-order valence-electron chi connectivity index (χ1n) is 10.3. The van der Waals surface area contributed by atoms with Gasteiger partial charge in [-0.25, -0.2) is 4.98 Å². The molecule has 0 fully saturated rings. The number of thiophene rings is 1. The second-order valence-electron chi connectivity index (χ2n) is 7.71. The van der Waals surface area contributed by atoms with Gasteiger partial charge >= 0.3 is 6.18 Å². The fourth-order valence-corrected chi connectivity index (χ4v) is 4.94. The number of ether oxygens (including phenoxy) is 1. The average Bonchev–Trinajstić information content (AvgIpc) is 3.15. The van der Waals surface area contributed by atoms with Crippen LogP contribution in [-0.4, -0.2) is 28.2 Å². The Bertz CT molecular complexity index is 1170. The maximum absolute atomic E-state index is 12.9. The molecular weight excluding hydrogens is 443 g/mol. The summed E-state index contributed by atoms with van der Waals surface area (Å²) in [6.45, 7) is -0.900. The minimum absolute atomic E-state index is 0.100. The van der Waals surface area contributed by atoms with Crippen molar-refractivity contribution in [3.8, 4) is 5.75 Å². The number of amides is 1. The van der Waals surface area contributed by atoms with Crippen molar-refractivity contribution < 1.29 is 22.7 Å². The van der Waals surface area contributed by atoms with Gasteiger partial charge in [-0.3, -0.25) is 14.2 Å². The Balaban J connectivity index is 1.31. The van der Waals surface area contributed by atoms with Crippen LogP contribution in [0, 0.1) is 0 Å². The van der Waals surface area contributed by atoms with Gasteiger partial charge in [-0.15, -0.1) is 11.3 Å². The van der Waals surface area contributed by atoms with Crippen LogP contribution in [0.1, 0.15) is 35.3 Å². The molecule has 1 aliphatic carbocycles. The largest absolute Gasteiger partial charge is 0.484 e. The standard InChI is InChI=1S/C22H22F3N3O3S/c23-22(24,25)12-31-15-7-5-14(6-8-15)11-26-18(29)9-10-28-13-27-20-19(21(28)30)16-3-1-2-4-17(16)32-20/h5-8,13H,1-4,9-12H2,(H,26,29). The summed E-state index contributed by atoms with van der Waals surface area (Å²) in [6.07, 6.45) is 1.33. The number of carbonyl (C=O) groups is 1. The van der Waals surface area contributed by atoms with E-state index in [9.17, 15) is 22.8 Å². The van der Waals surface area contributed by atoms with Gasteiger partial charge in [-0.1, -0.05) is 12.1 Å². The first kappa shape index (κ1) is 22.3. The van der Waals surface area contributed by atoms with Crippen LogP contribution in [-0.2, 0) is 30.7 Å². The van der Waals surface area contributed by atoms with Gasteiger partial charge in [0.2, 0.25) is 5.91 Å². The molecule has 1 aliphatic rings. The van der Waals surface area contributed by atoms with Crippen molar-refractivity contribution in [2.45, 2.75) is 51.4 Å². The summed E-state index contributed by atoms with van der Waals surface area (Å²) in [6, 6.07) is 6.03. The zero-order valence-corrected chi connectivity index (χ0v) is 18.0. The van der Waals surface area contributed by atoms with Crippen LogP contribution in [0.25, 0.3) is 10.2 Å². The van der Waals surface area contributed by atoms with Gasteiger partial charge in [0.25, 0.3) is 5.56 Å². The third-order valence-corrected chi connectivity index (χ3v) is 6.54. The van der Waals surface area contributed by atoms with Crippen molar-refractivity contribution >= 4 is 27.5 Å². The molecule has 10 heteroatoms. The molecule has 0 unspecified atom stereocenters. The number of hydrogen-bond acceptors (Lipinski definition) is 5. The highest BCUT2D eigenvalue weighted by Gasteiger charge is 2.28. The van der Waals surface area contributed by atoms with E-state index in [1.807, 2.05) is 0 Å². The van der Waals surface area contributed by atoms with Crippen LogP contribution in [0.15, 0.2) is 35.4 Å². The average molecular weight is 465 g/mol. The molecule has 1 amide bonds. The molecule has 0 spiro atoms. The van der Waals surface area contributed by atoms with Crippen molar-refractivity contribution in [3.63, 3.8) is 0 Å². The SMILES string of the molecule is O=C(CCn1cnc2sc3c(c2c1=O)CCCC3)NCc1ccc(OCC(F)(F)F)cc1. The summed E-state index contributed by atoms with van der Waals surface area (Å²) in [5.41, 5.74) is 1.75. The molecule has 0 radical (unpaired) electrons. The highest BCUT2D eigenvalue weighted by Crippen LogP contribution is 2.33. The number of nitrogens with zero attached hydrogens (tertiary/aromatic N) is 2. The molecular formula is C22H22F3N3O3S. The smallest absolute Gasteiger partial charge is 0.422 e. The number of carbonyl (C=O) groups excluding carboxylic acids is 1. The molecule has 0 bridgehead atoms. The molecule has 3 aromatic rings. The summed E-state index contributed by atoms with van der Waals surface area (Å²) >= 11 is 1.59. The van der Waals surface area contributed by atoms with E-state index in [0.717, 1.165) is 41.6 Å². The van der Waals surface area contributed by atoms with Gasteiger partial charge in [0.1, 0.15) is 10.6 Å². The molecule has 2 heterocycles. The highest BCUT2D eigenvalue weighted by molar-refractivity contribution is 7.18. The molecule has 0 aliphatic heterocycles. The van der Waals surface area contributed by atoms with E-state index in [1.165, 1.54) is 27.9 Å². The van der Waals surface area contributed by atoms with E-state index in [0.29, 0.717) is 5.39 Å². The first-order chi connectivity index (χ1) is 15.3. The van der Waals surface area contributed by atoms with Gasteiger partial charge in [0.05, 0.1) is 11.7 Å². The van der Waals surface area contributed by atoms with Crippen molar-refractivity contribution in [2.24, 2.45) is 0 Å². The summed E-state index contributed by atoms with van der Waals surface area (Å²) in [5, 5.41) is 3.45. The molecule has 6 nitrogen and oxygen atoms in total. The zero-order chi connectivity index (χ0) is 22.7. The van der Waals surface area contributed by atoms with E-state index in [-0.39, 0.29) is 36.7 Å². The Kier molecular flexibility index (Phi) is 6.50. The quantitative estimate of drug-likeness (QED) is 0.573. The lowest BCUT2D eigenvalue weighted by molar-refractivity contribution is -0.153. The summed E-state index contributed by atoms with van der Waals surface area (Å²) in [5.74, 6) is -0.128. The Labute approximate surface area is 186 Å². The predicted molar refractivity (Wildman–Crippen MR) is 115 cm³/mol. The normalized spacial score (nSPS) is 13.7. The molecule has 32 heavy (non-hydrogen) atoms. The minimum Gasteiger partial charge on any atom is -0.484 e. The lowest BCUT2D eigenvalue weighted by Gasteiger charge is -2.11. The van der Waals surface area contributed by atoms with E-state index < -0.39 is 12.8 Å². The van der Waals surface area contributed by atoms with Crippen LogP contribution in [0.5, 0.6) is 5.75 Å². The third-order valence-electron chi connectivity index (χ3n) is 5.34. The maximum Gasteiger partial charge on any atom is 0.422 e. The van der Waals surface area contributed by atoms with Gasteiger partial charge < -0.3 is 10.1 Å². The lowest BCUT2D eigenvalue weighted by atomic mass is 9.97. The van der Waals surface area contributed by atoms with Crippen molar-refractivity contribution in [3.05, 3.63) is 57.0 Å². The number of alkyl halides is 3. The number of rotatable bonds is 7. The molecule has 2 aromatic heterocycles. The summed E-state index contributed by atoms with van der Waals surface area (Å²) in [7, 11) is 0. The molecule has 0 saturated heterocycles. The number of aryl methyl sites for hydroxylation is 3. The van der Waals surface area contributed by atoms with Crippen molar-refractivity contribution in [2.75, 3.05) is 6.61 Å². The highest BCUT2D eigenvalue weighted by atomic mass is 32.1. The maximum atomic E-state index is 12.9. The van der Waals surface area contributed by atoms with E-state index in [1.54, 1.807) is 23.5 Å². The lowest BCUT2D eigenvalue weighted by Crippen LogP contribution is -2.27. The topological polar surface area (TPSA) is 73.2 Å². The number of nitrogens with one attached hydrogen (secondary N) is 1. The second kappa shape index (κ2) is 9.32. The second-order valence-corrected chi connectivity index (χ2v) is 8.79. The molecule has 0 saturated carbocycles. The molecule has 1 N–H and O–H groups in total. The molecule has 4 rings (SSSR count). The van der Waals surface area contributed by atoms with Crippen molar-refractivity contribution in [1.82, 2.24) is 14.9 Å². The van der Waals surface area contributed by atoms with Crippen LogP contribution in [0.3, 0.4) is 0 Å². The minimum atomic E-state index is -4.39. The van der Waals surface area contributed by atoms with Crippen LogP contribution >= 0.6 is 11.3 Å². The van der Waals surface area contributed by atoms with E-state index in [4.69, 9.17) is 0 Å². The molecule has 170 valence electrons. The zero-order valence-electron chi connectivity index (χ0n) is 17.2. The van der Waals surface area contributed by atoms with Crippen LogP contribution < -0.4 is 15.6 Å². The van der Waals surface area contributed by atoms with Crippen molar-refractivity contribution in [1.29, 1.82) is 0 Å². The molecule has 0 atom stereocenters. The Morgan fingerprint density at radius 1 is 1.19 bits per heavy atom. The first-order valence-corrected chi connectivity index (χ1v) is 11.2. The summed E-state index contributed by atoms with van der Waals surface area (Å²) < 4.78 is 42.7. The van der Waals surface area contributed by atoms with Gasteiger partial charge in [-0.05, 0) is 48.9 Å². The Morgan fingerprint density at radius 2 is 1.94 bits per heavy atom. The van der Waals surface area contributed by atoms with Gasteiger partial charge in [-0.2, -0.15) is 13.2 Å². The van der Waals surface area contributed by atoms with Gasteiger partial charge in [0.15, 0.2) is 6.61 Å². The van der Waals surface area contributed by atoms with Crippen LogP contribution in [0.2, 0.25) is 0 Å². The number of aromatic nitrogens is 2. The number of hydrogen-bond donors (Lipinski definition) is 1. The fraction of sp³-hybridized carbons (Fsp3) is 0.409. The Morgan fingerprint density at radius 3 is 2.69 bits per heavy atom.